The molecule has 0 saturated heterocycles. The van der Waals surface area contributed by atoms with E-state index < -0.39 is 0 Å². The standard InChI is InChI=1S/C9H13BrN2O/c1-3-6(11)7-4-5-8(13-2)9(10)12-7/h4-6H,3,11H2,1-2H3/t6-/m1/s1. The Bertz CT molecular complexity index is 291. The van der Waals surface area contributed by atoms with Gasteiger partial charge in [-0.3, -0.25) is 0 Å². The van der Waals surface area contributed by atoms with Crippen LogP contribution in [0.4, 0.5) is 0 Å². The van der Waals surface area contributed by atoms with Crippen LogP contribution in [-0.2, 0) is 0 Å². The summed E-state index contributed by atoms with van der Waals surface area (Å²) in [7, 11) is 1.61. The third kappa shape index (κ3) is 2.42. The summed E-state index contributed by atoms with van der Waals surface area (Å²) < 4.78 is 5.77. The van der Waals surface area contributed by atoms with Crippen molar-refractivity contribution in [2.45, 2.75) is 19.4 Å². The Kier molecular flexibility index (Phi) is 3.69. The molecule has 0 spiro atoms. The molecule has 1 rings (SSSR count). The van der Waals surface area contributed by atoms with Crippen molar-refractivity contribution in [3.05, 3.63) is 22.4 Å². The molecule has 0 unspecified atom stereocenters. The maximum absolute atomic E-state index is 5.83. The first kappa shape index (κ1) is 10.5. The third-order valence-electron chi connectivity index (χ3n) is 1.88. The minimum Gasteiger partial charge on any atom is -0.494 e. The molecule has 3 nitrogen and oxygen atoms in total. The molecule has 72 valence electrons. The van der Waals surface area contributed by atoms with Crippen molar-refractivity contribution in [2.75, 3.05) is 7.11 Å². The van der Waals surface area contributed by atoms with Crippen molar-refractivity contribution in [3.63, 3.8) is 0 Å². The molecule has 0 aliphatic carbocycles. The second-order valence-electron chi connectivity index (χ2n) is 2.74. The van der Waals surface area contributed by atoms with E-state index in [9.17, 15) is 0 Å². The van der Waals surface area contributed by atoms with E-state index in [2.05, 4.69) is 20.9 Å². The molecule has 0 radical (unpaired) electrons. The topological polar surface area (TPSA) is 48.1 Å². The molecule has 0 saturated carbocycles. The fraction of sp³-hybridized carbons (Fsp3) is 0.444. The number of nitrogens with two attached hydrogens (primary N) is 1. The highest BCUT2D eigenvalue weighted by Crippen LogP contribution is 2.24. The van der Waals surface area contributed by atoms with Crippen LogP contribution >= 0.6 is 15.9 Å². The van der Waals surface area contributed by atoms with Crippen LogP contribution in [0.15, 0.2) is 16.7 Å². The van der Waals surface area contributed by atoms with E-state index in [1.54, 1.807) is 7.11 Å². The van der Waals surface area contributed by atoms with Crippen molar-refractivity contribution < 1.29 is 4.74 Å². The molecular formula is C9H13BrN2O. The van der Waals surface area contributed by atoms with Crippen molar-refractivity contribution in [3.8, 4) is 5.75 Å². The van der Waals surface area contributed by atoms with Crippen molar-refractivity contribution >= 4 is 15.9 Å². The van der Waals surface area contributed by atoms with Crippen molar-refractivity contribution in [1.82, 2.24) is 4.98 Å². The molecule has 0 fully saturated rings. The van der Waals surface area contributed by atoms with Gasteiger partial charge in [0.15, 0.2) is 5.75 Å². The lowest BCUT2D eigenvalue weighted by Crippen LogP contribution is -2.10. The number of rotatable bonds is 3. The monoisotopic (exact) mass is 244 g/mol. The molecule has 4 heteroatoms. The zero-order valence-corrected chi connectivity index (χ0v) is 9.34. The van der Waals surface area contributed by atoms with Gasteiger partial charge in [-0.05, 0) is 34.5 Å². The molecule has 1 aromatic heterocycles. The van der Waals surface area contributed by atoms with Crippen LogP contribution in [0, 0.1) is 0 Å². The van der Waals surface area contributed by atoms with E-state index in [1.807, 2.05) is 19.1 Å². The smallest absolute Gasteiger partial charge is 0.151 e. The number of aromatic nitrogens is 1. The fourth-order valence-corrected chi connectivity index (χ4v) is 1.50. The molecular weight excluding hydrogens is 232 g/mol. The number of hydrogen-bond donors (Lipinski definition) is 1. The van der Waals surface area contributed by atoms with Crippen molar-refractivity contribution in [2.24, 2.45) is 5.73 Å². The second kappa shape index (κ2) is 4.58. The van der Waals surface area contributed by atoms with Crippen LogP contribution in [0.5, 0.6) is 5.75 Å². The van der Waals surface area contributed by atoms with E-state index in [0.29, 0.717) is 4.60 Å². The first-order valence-electron chi connectivity index (χ1n) is 4.15. The summed E-state index contributed by atoms with van der Waals surface area (Å²) >= 11 is 3.31. The summed E-state index contributed by atoms with van der Waals surface area (Å²) in [5.41, 5.74) is 6.71. The fourth-order valence-electron chi connectivity index (χ4n) is 1.00. The highest BCUT2D eigenvalue weighted by Gasteiger charge is 2.07. The number of halogens is 1. The molecule has 0 bridgehead atoms. The van der Waals surface area contributed by atoms with Crippen LogP contribution in [0.2, 0.25) is 0 Å². The molecule has 0 amide bonds. The Balaban J connectivity index is 2.95. The van der Waals surface area contributed by atoms with Crippen molar-refractivity contribution in [1.29, 1.82) is 0 Å². The summed E-state index contributed by atoms with van der Waals surface area (Å²) in [5, 5.41) is 0. The Labute approximate surface area is 86.4 Å². The first-order valence-corrected chi connectivity index (χ1v) is 4.94. The molecule has 1 aromatic rings. The van der Waals surface area contributed by atoms with Gasteiger partial charge in [0, 0.05) is 6.04 Å². The average molecular weight is 245 g/mol. The van der Waals surface area contributed by atoms with Gasteiger partial charge in [0.05, 0.1) is 12.8 Å². The van der Waals surface area contributed by atoms with Gasteiger partial charge in [0.1, 0.15) is 4.60 Å². The van der Waals surface area contributed by atoms with E-state index in [0.717, 1.165) is 17.9 Å². The van der Waals surface area contributed by atoms with Gasteiger partial charge in [0.2, 0.25) is 0 Å². The molecule has 2 N–H and O–H groups in total. The van der Waals surface area contributed by atoms with Crippen LogP contribution in [0.1, 0.15) is 25.1 Å². The predicted molar refractivity (Wildman–Crippen MR) is 55.7 cm³/mol. The van der Waals surface area contributed by atoms with Gasteiger partial charge in [-0.15, -0.1) is 0 Å². The quantitative estimate of drug-likeness (QED) is 0.831. The predicted octanol–water partition coefficient (Wildman–Crippen LogP) is 2.26. The number of methoxy groups -OCH3 is 1. The summed E-state index contributed by atoms with van der Waals surface area (Å²) in [5.74, 6) is 0.729. The van der Waals surface area contributed by atoms with E-state index in [4.69, 9.17) is 10.5 Å². The average Bonchev–Trinajstić information content (AvgIpc) is 2.16. The van der Waals surface area contributed by atoms with Crippen LogP contribution in [0.25, 0.3) is 0 Å². The summed E-state index contributed by atoms with van der Waals surface area (Å²) in [6.45, 7) is 2.03. The highest BCUT2D eigenvalue weighted by atomic mass is 79.9. The first-order chi connectivity index (χ1) is 6.19. The summed E-state index contributed by atoms with van der Waals surface area (Å²) in [6, 6.07) is 3.75. The summed E-state index contributed by atoms with van der Waals surface area (Å²) in [6.07, 6.45) is 0.881. The second-order valence-corrected chi connectivity index (χ2v) is 3.50. The molecule has 1 heterocycles. The Hall–Kier alpha value is -0.610. The Morgan fingerprint density at radius 3 is 2.77 bits per heavy atom. The van der Waals surface area contributed by atoms with E-state index >= 15 is 0 Å². The zero-order chi connectivity index (χ0) is 9.84. The Morgan fingerprint density at radius 2 is 2.31 bits per heavy atom. The van der Waals surface area contributed by atoms with Gasteiger partial charge in [-0.1, -0.05) is 6.92 Å². The Morgan fingerprint density at radius 1 is 1.62 bits per heavy atom. The van der Waals surface area contributed by atoms with Gasteiger partial charge in [0.25, 0.3) is 0 Å². The van der Waals surface area contributed by atoms with Gasteiger partial charge >= 0.3 is 0 Å². The van der Waals surface area contributed by atoms with E-state index in [1.165, 1.54) is 0 Å². The lowest BCUT2D eigenvalue weighted by Gasteiger charge is -2.09. The number of pyridine rings is 1. The van der Waals surface area contributed by atoms with Crippen LogP contribution in [-0.4, -0.2) is 12.1 Å². The SMILES string of the molecule is CC[C@@H](N)c1ccc(OC)c(Br)n1. The highest BCUT2D eigenvalue weighted by molar-refractivity contribution is 9.10. The third-order valence-corrected chi connectivity index (χ3v) is 2.44. The number of ether oxygens (including phenoxy) is 1. The summed E-state index contributed by atoms with van der Waals surface area (Å²) in [4.78, 5) is 4.28. The van der Waals surface area contributed by atoms with Crippen LogP contribution in [0.3, 0.4) is 0 Å². The minimum atomic E-state index is 0.00204. The number of hydrogen-bond acceptors (Lipinski definition) is 3. The lowest BCUT2D eigenvalue weighted by atomic mass is 10.1. The molecule has 0 aromatic carbocycles. The van der Waals surface area contributed by atoms with Gasteiger partial charge < -0.3 is 10.5 Å². The largest absolute Gasteiger partial charge is 0.494 e. The molecule has 0 aliphatic heterocycles. The lowest BCUT2D eigenvalue weighted by molar-refractivity contribution is 0.409. The maximum Gasteiger partial charge on any atom is 0.151 e. The maximum atomic E-state index is 5.83. The van der Waals surface area contributed by atoms with Gasteiger partial charge in [-0.2, -0.15) is 0 Å². The zero-order valence-electron chi connectivity index (χ0n) is 7.75. The minimum absolute atomic E-state index is 0.00204. The number of nitrogens with zero attached hydrogens (tertiary/aromatic N) is 1. The van der Waals surface area contributed by atoms with E-state index in [-0.39, 0.29) is 6.04 Å². The molecule has 13 heavy (non-hydrogen) atoms. The molecule has 0 aliphatic rings. The molecule has 1 atom stereocenters. The van der Waals surface area contributed by atoms with Crippen LogP contribution < -0.4 is 10.5 Å². The van der Waals surface area contributed by atoms with Gasteiger partial charge in [-0.25, -0.2) is 4.98 Å². The normalized spacial score (nSPS) is 12.6.